The van der Waals surface area contributed by atoms with Crippen LogP contribution in [0.3, 0.4) is 0 Å². The maximum Gasteiger partial charge on any atom is 0.0719 e. The van der Waals surface area contributed by atoms with Crippen LogP contribution in [0.2, 0.25) is 0 Å². The molecule has 0 aliphatic carbocycles. The van der Waals surface area contributed by atoms with E-state index in [-0.39, 0.29) is 0 Å². The Bertz CT molecular complexity index is 2490. The molecule has 0 radical (unpaired) electrons. The van der Waals surface area contributed by atoms with Gasteiger partial charge in [0.15, 0.2) is 0 Å². The van der Waals surface area contributed by atoms with E-state index >= 15 is 0 Å². The van der Waals surface area contributed by atoms with Crippen molar-refractivity contribution >= 4 is 75.8 Å². The second-order valence-corrected chi connectivity index (χ2v) is 12.6. The van der Waals surface area contributed by atoms with Crippen LogP contribution in [0.25, 0.3) is 58.8 Å². The molecule has 0 spiro atoms. The second-order valence-electron chi connectivity index (χ2n) is 11.5. The Morgan fingerprint density at radius 3 is 2.13 bits per heavy atom. The predicted molar refractivity (Wildman–Crippen MR) is 195 cm³/mol. The Balaban J connectivity index is 1.29. The minimum absolute atomic E-state index is 0.990. The van der Waals surface area contributed by atoms with Gasteiger partial charge >= 0.3 is 0 Å². The van der Waals surface area contributed by atoms with Gasteiger partial charge in [-0.2, -0.15) is 0 Å². The molecular weight excluding hydrogens is 565 g/mol. The number of fused-ring (bicyclic) bond motifs is 8. The lowest BCUT2D eigenvalue weighted by molar-refractivity contribution is 1.19. The second kappa shape index (κ2) is 10.2. The Kier molecular flexibility index (Phi) is 5.87. The lowest BCUT2D eigenvalue weighted by Gasteiger charge is -2.26. The van der Waals surface area contributed by atoms with E-state index in [1.165, 1.54) is 47.7 Å². The molecule has 3 heterocycles. The average molecular weight is 593 g/mol. The minimum Gasteiger partial charge on any atom is -0.317 e. The summed E-state index contributed by atoms with van der Waals surface area (Å²) in [4.78, 5) is 2.26. The third kappa shape index (κ3) is 4.09. The van der Waals surface area contributed by atoms with E-state index in [1.54, 1.807) is 0 Å². The van der Waals surface area contributed by atoms with E-state index < -0.39 is 0 Å². The molecular formula is C42H28N2S. The highest BCUT2D eigenvalue weighted by Crippen LogP contribution is 2.44. The molecule has 0 saturated carbocycles. The molecule has 1 aliphatic heterocycles. The van der Waals surface area contributed by atoms with Crippen LogP contribution in [0, 0.1) is 0 Å². The van der Waals surface area contributed by atoms with Crippen molar-refractivity contribution < 1.29 is 0 Å². The summed E-state index contributed by atoms with van der Waals surface area (Å²) in [6, 6.07) is 50.0. The van der Waals surface area contributed by atoms with Crippen molar-refractivity contribution in [1.29, 1.82) is 0 Å². The number of thiophene rings is 1. The monoisotopic (exact) mass is 592 g/mol. The maximum atomic E-state index is 4.53. The van der Waals surface area contributed by atoms with Crippen molar-refractivity contribution in [2.24, 2.45) is 0 Å². The van der Waals surface area contributed by atoms with Crippen LogP contribution in [0.15, 0.2) is 164 Å². The van der Waals surface area contributed by atoms with Crippen molar-refractivity contribution in [3.8, 4) is 5.69 Å². The summed E-state index contributed by atoms with van der Waals surface area (Å²) in [5, 5.41) is 5.13. The Labute approximate surface area is 265 Å². The first kappa shape index (κ1) is 25.8. The summed E-state index contributed by atoms with van der Waals surface area (Å²) in [6.07, 6.45) is 6.62. The third-order valence-electron chi connectivity index (χ3n) is 8.90. The first-order valence-corrected chi connectivity index (χ1v) is 16.0. The predicted octanol–water partition coefficient (Wildman–Crippen LogP) is 11.9. The van der Waals surface area contributed by atoms with Gasteiger partial charge in [0.25, 0.3) is 0 Å². The van der Waals surface area contributed by atoms with Gasteiger partial charge in [-0.3, -0.25) is 0 Å². The molecule has 212 valence electrons. The van der Waals surface area contributed by atoms with Gasteiger partial charge in [0.2, 0.25) is 0 Å². The molecule has 2 aromatic heterocycles. The molecule has 0 saturated heterocycles. The SMILES string of the molecule is C=C1/C=C(c2ccc3c(c2)c2ccc4c5ccccc5sc4c2n3-c2ccccc2)\C=C/N(c2ccccc2)c2ccccc21. The number of nitrogens with zero attached hydrogens (tertiary/aromatic N) is 2. The summed E-state index contributed by atoms with van der Waals surface area (Å²) in [5.41, 5.74) is 10.3. The average Bonchev–Trinajstić information content (AvgIpc) is 3.64. The zero-order valence-corrected chi connectivity index (χ0v) is 25.3. The normalized spacial score (nSPS) is 15.2. The number of hydrogen-bond acceptors (Lipinski definition) is 2. The van der Waals surface area contributed by atoms with E-state index in [1.807, 2.05) is 11.3 Å². The lowest BCUT2D eigenvalue weighted by Crippen LogP contribution is -2.11. The van der Waals surface area contributed by atoms with Crippen LogP contribution in [0.5, 0.6) is 0 Å². The molecule has 1 aliphatic rings. The molecule has 6 aromatic carbocycles. The van der Waals surface area contributed by atoms with Crippen LogP contribution in [-0.2, 0) is 0 Å². The quantitative estimate of drug-likeness (QED) is 0.198. The van der Waals surface area contributed by atoms with Crippen molar-refractivity contribution in [1.82, 2.24) is 4.57 Å². The third-order valence-corrected chi connectivity index (χ3v) is 10.1. The largest absolute Gasteiger partial charge is 0.317 e. The molecule has 9 rings (SSSR count). The van der Waals surface area contributed by atoms with Crippen LogP contribution < -0.4 is 4.90 Å². The first-order chi connectivity index (χ1) is 22.2. The fraction of sp³-hybridized carbons (Fsp3) is 0. The zero-order valence-electron chi connectivity index (χ0n) is 24.5. The van der Waals surface area contributed by atoms with E-state index in [2.05, 4.69) is 174 Å². The van der Waals surface area contributed by atoms with E-state index in [4.69, 9.17) is 0 Å². The standard InChI is InChI=1S/C42H28N2S/c1-28-26-30(24-25-43(31-12-4-2-5-13-31)38-18-10-8-16-33(28)38)29-20-23-39-37(27-29)35-21-22-36-34-17-9-11-19-40(34)45-42(36)41(35)44(39)32-14-6-3-7-15-32/h2-27H,1H2/b25-24-,30-26+. The molecule has 3 heteroatoms. The summed E-state index contributed by atoms with van der Waals surface area (Å²) < 4.78 is 5.09. The van der Waals surface area contributed by atoms with Gasteiger partial charge in [-0.1, -0.05) is 97.6 Å². The molecule has 45 heavy (non-hydrogen) atoms. The van der Waals surface area contributed by atoms with Crippen LogP contribution in [0.4, 0.5) is 11.4 Å². The van der Waals surface area contributed by atoms with Crippen LogP contribution in [-0.4, -0.2) is 4.57 Å². The fourth-order valence-corrected chi connectivity index (χ4v) is 8.04. The van der Waals surface area contributed by atoms with E-state index in [9.17, 15) is 0 Å². The smallest absolute Gasteiger partial charge is 0.0719 e. The summed E-state index contributed by atoms with van der Waals surface area (Å²) >= 11 is 1.88. The number of anilines is 2. The number of hydrogen-bond donors (Lipinski definition) is 0. The van der Waals surface area contributed by atoms with Crippen molar-refractivity contribution in [3.05, 3.63) is 176 Å². The molecule has 0 fully saturated rings. The molecule has 0 N–H and O–H groups in total. The topological polar surface area (TPSA) is 8.17 Å². The van der Waals surface area contributed by atoms with Crippen molar-refractivity contribution in [2.45, 2.75) is 0 Å². The summed E-state index contributed by atoms with van der Waals surface area (Å²) in [7, 11) is 0. The van der Waals surface area contributed by atoms with Gasteiger partial charge in [-0.15, -0.1) is 11.3 Å². The Hall–Kier alpha value is -5.64. The summed E-state index contributed by atoms with van der Waals surface area (Å²) in [5.74, 6) is 0. The zero-order chi connectivity index (χ0) is 29.9. The molecule has 0 bridgehead atoms. The van der Waals surface area contributed by atoms with Crippen LogP contribution >= 0.6 is 11.3 Å². The van der Waals surface area contributed by atoms with Gasteiger partial charge < -0.3 is 9.47 Å². The van der Waals surface area contributed by atoms with Crippen molar-refractivity contribution in [3.63, 3.8) is 0 Å². The van der Waals surface area contributed by atoms with Gasteiger partial charge in [0.05, 0.1) is 21.4 Å². The van der Waals surface area contributed by atoms with Gasteiger partial charge in [0, 0.05) is 49.4 Å². The first-order valence-electron chi connectivity index (χ1n) is 15.2. The Morgan fingerprint density at radius 2 is 1.29 bits per heavy atom. The number of allylic oxidation sites excluding steroid dienone is 4. The molecule has 0 amide bonds. The maximum absolute atomic E-state index is 4.53. The lowest BCUT2D eigenvalue weighted by atomic mass is 9.95. The van der Waals surface area contributed by atoms with E-state index in [0.29, 0.717) is 0 Å². The van der Waals surface area contributed by atoms with Crippen LogP contribution in [0.1, 0.15) is 11.1 Å². The number of para-hydroxylation sites is 3. The highest BCUT2D eigenvalue weighted by Gasteiger charge is 2.20. The number of benzene rings is 6. The van der Waals surface area contributed by atoms with Gasteiger partial charge in [-0.25, -0.2) is 0 Å². The molecule has 8 aromatic rings. The molecule has 0 atom stereocenters. The van der Waals surface area contributed by atoms with Gasteiger partial charge in [0.1, 0.15) is 0 Å². The fourth-order valence-electron chi connectivity index (χ4n) is 6.80. The highest BCUT2D eigenvalue weighted by atomic mass is 32.1. The summed E-state index contributed by atoms with van der Waals surface area (Å²) in [6.45, 7) is 4.53. The number of rotatable bonds is 3. The van der Waals surface area contributed by atoms with Crippen molar-refractivity contribution in [2.75, 3.05) is 4.90 Å². The minimum atomic E-state index is 0.990. The highest BCUT2D eigenvalue weighted by molar-refractivity contribution is 7.26. The molecule has 0 unspecified atom stereocenters. The van der Waals surface area contributed by atoms with E-state index in [0.717, 1.165) is 33.6 Å². The molecule has 2 nitrogen and oxygen atoms in total. The Morgan fingerprint density at radius 1 is 0.578 bits per heavy atom. The number of aromatic nitrogens is 1. The van der Waals surface area contributed by atoms with Gasteiger partial charge in [-0.05, 0) is 77.4 Å².